The molecule has 0 saturated carbocycles. The van der Waals surface area contributed by atoms with Gasteiger partial charge in [0, 0.05) is 56.0 Å². The molecule has 1 aromatic carbocycles. The Balaban J connectivity index is 1.63. The van der Waals surface area contributed by atoms with E-state index in [4.69, 9.17) is 0 Å². The fourth-order valence-electron chi connectivity index (χ4n) is 4.84. The molecular weight excluding hydrogens is 478 g/mol. The summed E-state index contributed by atoms with van der Waals surface area (Å²) in [6.45, 7) is 6.72. The Kier molecular flexibility index (Phi) is 6.66. The molecular formula is C25H25F4N5O2. The van der Waals surface area contributed by atoms with Crippen LogP contribution in [0.5, 0.6) is 5.75 Å². The fourth-order valence-corrected chi connectivity index (χ4v) is 4.84. The Morgan fingerprint density at radius 1 is 1.14 bits per heavy atom. The molecule has 0 aliphatic carbocycles. The van der Waals surface area contributed by atoms with E-state index < -0.39 is 24.0 Å². The number of ether oxygens (including phenoxy) is 1. The number of nitriles is 1. The van der Waals surface area contributed by atoms with E-state index in [1.807, 2.05) is 19.9 Å². The lowest BCUT2D eigenvalue weighted by molar-refractivity contribution is -0.274. The van der Waals surface area contributed by atoms with Gasteiger partial charge in [-0.1, -0.05) is 6.07 Å². The van der Waals surface area contributed by atoms with Crippen molar-refractivity contribution >= 4 is 16.7 Å². The topological polar surface area (TPSA) is 74.4 Å². The third kappa shape index (κ3) is 4.86. The SMILES string of the molecule is CC(c1ccc(OC(F)(F)F)cc1F)N1C[C@H](C)N(c2cc(=O)n(C)c3ccc(C#N)nc23)C[C@H]1C. The van der Waals surface area contributed by atoms with Crippen molar-refractivity contribution in [1.82, 2.24) is 14.5 Å². The smallest absolute Gasteiger partial charge is 0.406 e. The highest BCUT2D eigenvalue weighted by molar-refractivity contribution is 5.89. The molecule has 1 aliphatic rings. The summed E-state index contributed by atoms with van der Waals surface area (Å²) in [6, 6.07) is 9.35. The maximum absolute atomic E-state index is 14.8. The Labute approximate surface area is 205 Å². The van der Waals surface area contributed by atoms with Crippen LogP contribution in [0.1, 0.15) is 38.1 Å². The van der Waals surface area contributed by atoms with Crippen LogP contribution in [0.3, 0.4) is 0 Å². The van der Waals surface area contributed by atoms with E-state index in [1.165, 1.54) is 16.7 Å². The van der Waals surface area contributed by atoms with Gasteiger partial charge in [-0.3, -0.25) is 9.69 Å². The normalized spacial score (nSPS) is 19.8. The molecule has 0 bridgehead atoms. The average Bonchev–Trinajstić information content (AvgIpc) is 2.81. The van der Waals surface area contributed by atoms with Gasteiger partial charge in [-0.2, -0.15) is 5.26 Å². The third-order valence-corrected chi connectivity index (χ3v) is 6.68. The van der Waals surface area contributed by atoms with E-state index in [9.17, 15) is 27.6 Å². The molecule has 3 heterocycles. The van der Waals surface area contributed by atoms with Crippen LogP contribution < -0.4 is 15.2 Å². The Bertz CT molecular complexity index is 1400. The monoisotopic (exact) mass is 503 g/mol. The van der Waals surface area contributed by atoms with Crippen LogP contribution in [0, 0.1) is 17.1 Å². The number of aromatic nitrogens is 2. The minimum atomic E-state index is -4.90. The number of halogens is 4. The number of piperazine rings is 1. The summed E-state index contributed by atoms with van der Waals surface area (Å²) >= 11 is 0. The van der Waals surface area contributed by atoms with E-state index >= 15 is 0 Å². The van der Waals surface area contributed by atoms with Gasteiger partial charge in [-0.15, -0.1) is 13.2 Å². The first-order valence-electron chi connectivity index (χ1n) is 11.4. The van der Waals surface area contributed by atoms with Crippen LogP contribution in [-0.4, -0.2) is 46.0 Å². The second-order valence-corrected chi connectivity index (χ2v) is 9.06. The van der Waals surface area contributed by atoms with Gasteiger partial charge in [-0.05, 0) is 39.0 Å². The molecule has 0 N–H and O–H groups in total. The number of nitrogens with zero attached hydrogens (tertiary/aromatic N) is 5. The van der Waals surface area contributed by atoms with Crippen molar-refractivity contribution in [2.45, 2.75) is 45.3 Å². The minimum Gasteiger partial charge on any atom is -0.406 e. The van der Waals surface area contributed by atoms with Crippen molar-refractivity contribution in [3.05, 3.63) is 63.8 Å². The van der Waals surface area contributed by atoms with Crippen molar-refractivity contribution in [2.24, 2.45) is 7.05 Å². The summed E-state index contributed by atoms with van der Waals surface area (Å²) in [4.78, 5) is 21.2. The molecule has 11 heteroatoms. The highest BCUT2D eigenvalue weighted by Gasteiger charge is 2.35. The second kappa shape index (κ2) is 9.43. The number of alkyl halides is 3. The highest BCUT2D eigenvalue weighted by Crippen LogP contribution is 2.34. The van der Waals surface area contributed by atoms with Crippen LogP contribution in [0.2, 0.25) is 0 Å². The molecule has 1 aliphatic heterocycles. The molecule has 0 amide bonds. The molecule has 3 atom stereocenters. The van der Waals surface area contributed by atoms with Crippen LogP contribution in [0.4, 0.5) is 23.2 Å². The van der Waals surface area contributed by atoms with Crippen LogP contribution >= 0.6 is 0 Å². The van der Waals surface area contributed by atoms with Crippen LogP contribution in [0.25, 0.3) is 11.0 Å². The van der Waals surface area contributed by atoms with Gasteiger partial charge < -0.3 is 14.2 Å². The van der Waals surface area contributed by atoms with Gasteiger partial charge >= 0.3 is 6.36 Å². The Hall–Kier alpha value is -3.65. The maximum Gasteiger partial charge on any atom is 0.573 e. The summed E-state index contributed by atoms with van der Waals surface area (Å²) in [5.41, 5.74) is 2.07. The lowest BCUT2D eigenvalue weighted by Crippen LogP contribution is -2.57. The molecule has 1 unspecified atom stereocenters. The predicted molar refractivity (Wildman–Crippen MR) is 126 cm³/mol. The molecule has 1 fully saturated rings. The largest absolute Gasteiger partial charge is 0.573 e. The fraction of sp³-hybridized carbons (Fsp3) is 0.400. The second-order valence-electron chi connectivity index (χ2n) is 9.06. The number of aryl methyl sites for hydroxylation is 1. The first kappa shape index (κ1) is 25.4. The summed E-state index contributed by atoms with van der Waals surface area (Å²) in [5, 5.41) is 9.32. The predicted octanol–water partition coefficient (Wildman–Crippen LogP) is 4.50. The quantitative estimate of drug-likeness (QED) is 0.488. The molecule has 7 nitrogen and oxygen atoms in total. The first-order valence-corrected chi connectivity index (χ1v) is 11.4. The van der Waals surface area contributed by atoms with E-state index in [-0.39, 0.29) is 28.9 Å². The number of hydrogen-bond acceptors (Lipinski definition) is 6. The van der Waals surface area contributed by atoms with Gasteiger partial charge in [0.05, 0.1) is 11.2 Å². The van der Waals surface area contributed by atoms with Crippen molar-refractivity contribution in [1.29, 1.82) is 5.26 Å². The van der Waals surface area contributed by atoms with Gasteiger partial charge in [0.1, 0.15) is 28.8 Å². The van der Waals surface area contributed by atoms with Gasteiger partial charge in [0.2, 0.25) is 0 Å². The standard InChI is InChI=1S/C25H25F4N5O2/c1-14-13-34(22-10-23(35)32(4)21-8-5-17(11-30)31-24(21)22)15(2)12-33(14)16(3)19-7-6-18(9-20(19)26)36-25(27,28)29/h5-10,14-16H,12-13H2,1-4H3/t14-,15+,16?/m1/s1. The van der Waals surface area contributed by atoms with Gasteiger partial charge in [-0.25, -0.2) is 9.37 Å². The molecule has 3 aromatic rings. The average molecular weight is 504 g/mol. The zero-order valence-corrected chi connectivity index (χ0v) is 20.2. The van der Waals surface area contributed by atoms with Crippen molar-refractivity contribution in [3.63, 3.8) is 0 Å². The van der Waals surface area contributed by atoms with Gasteiger partial charge in [0.15, 0.2) is 0 Å². The van der Waals surface area contributed by atoms with E-state index in [1.54, 1.807) is 26.1 Å². The summed E-state index contributed by atoms with van der Waals surface area (Å²) in [7, 11) is 1.65. The summed E-state index contributed by atoms with van der Waals surface area (Å²) in [5.74, 6) is -1.39. The minimum absolute atomic E-state index is 0.0973. The molecule has 1 saturated heterocycles. The third-order valence-electron chi connectivity index (χ3n) is 6.68. The Morgan fingerprint density at radius 2 is 1.86 bits per heavy atom. The summed E-state index contributed by atoms with van der Waals surface area (Å²) < 4.78 is 57.5. The lowest BCUT2D eigenvalue weighted by atomic mass is 9.99. The number of benzene rings is 1. The van der Waals surface area contributed by atoms with E-state index in [0.717, 1.165) is 12.1 Å². The molecule has 0 radical (unpaired) electrons. The number of pyridine rings is 2. The lowest BCUT2D eigenvalue weighted by Gasteiger charge is -2.47. The summed E-state index contributed by atoms with van der Waals surface area (Å²) in [6.07, 6.45) is -4.90. The zero-order valence-electron chi connectivity index (χ0n) is 20.2. The molecule has 2 aromatic heterocycles. The zero-order chi connectivity index (χ0) is 26.4. The maximum atomic E-state index is 14.8. The van der Waals surface area contributed by atoms with E-state index in [0.29, 0.717) is 29.8 Å². The van der Waals surface area contributed by atoms with Crippen molar-refractivity contribution in [3.8, 4) is 11.8 Å². The van der Waals surface area contributed by atoms with Crippen LogP contribution in [0.15, 0.2) is 41.2 Å². The number of rotatable bonds is 4. The number of fused-ring (bicyclic) bond motifs is 1. The van der Waals surface area contributed by atoms with E-state index in [2.05, 4.69) is 19.5 Å². The van der Waals surface area contributed by atoms with Gasteiger partial charge in [0.25, 0.3) is 5.56 Å². The number of anilines is 1. The Morgan fingerprint density at radius 3 is 2.50 bits per heavy atom. The van der Waals surface area contributed by atoms with Crippen molar-refractivity contribution < 1.29 is 22.3 Å². The molecule has 0 spiro atoms. The highest BCUT2D eigenvalue weighted by atomic mass is 19.4. The molecule has 190 valence electrons. The van der Waals surface area contributed by atoms with Crippen molar-refractivity contribution in [2.75, 3.05) is 18.0 Å². The number of hydrogen-bond donors (Lipinski definition) is 0. The molecule has 4 rings (SSSR count). The molecule has 36 heavy (non-hydrogen) atoms. The first-order chi connectivity index (χ1) is 16.9. The van der Waals surface area contributed by atoms with Crippen LogP contribution in [-0.2, 0) is 7.05 Å².